The third kappa shape index (κ3) is 3.41. The molecule has 0 saturated carbocycles. The molecule has 2 amide bonds. The SMILES string of the molecule is CC1(C)CC2Cc3c(sc(NC(=O)C=Cc4ccco4)c3C#N)CN2C(=O)O1. The van der Waals surface area contributed by atoms with Gasteiger partial charge in [-0.2, -0.15) is 5.26 Å². The standard InChI is InChI=1S/C20H19N3O4S/c1-20(2)9-12-8-14-15(10-21)18(28-16(14)11-23(12)19(25)27-20)22-17(24)6-5-13-4-3-7-26-13/h3-7,12H,8-9,11H2,1-2H3,(H,22,24). The first-order valence-electron chi connectivity index (χ1n) is 8.93. The first-order chi connectivity index (χ1) is 13.4. The van der Waals surface area contributed by atoms with E-state index in [0.29, 0.717) is 35.7 Å². The number of nitrogens with zero attached hydrogens (tertiary/aromatic N) is 2. The van der Waals surface area contributed by atoms with E-state index < -0.39 is 5.60 Å². The first kappa shape index (κ1) is 18.3. The lowest BCUT2D eigenvalue weighted by Gasteiger charge is -2.44. The molecule has 7 nitrogen and oxygen atoms in total. The Morgan fingerprint density at radius 2 is 2.32 bits per heavy atom. The number of furan rings is 1. The van der Waals surface area contributed by atoms with Crippen LogP contribution in [-0.2, 0) is 22.5 Å². The predicted molar refractivity (Wildman–Crippen MR) is 104 cm³/mol. The fourth-order valence-electron chi connectivity index (χ4n) is 3.69. The molecule has 144 valence electrons. The number of fused-ring (bicyclic) bond motifs is 2. The minimum Gasteiger partial charge on any atom is -0.465 e. The lowest BCUT2D eigenvalue weighted by atomic mass is 9.88. The van der Waals surface area contributed by atoms with E-state index in [1.165, 1.54) is 23.7 Å². The number of cyclic esters (lactones) is 1. The Morgan fingerprint density at radius 3 is 3.04 bits per heavy atom. The van der Waals surface area contributed by atoms with Crippen LogP contribution in [0.15, 0.2) is 28.9 Å². The molecular formula is C20H19N3O4S. The van der Waals surface area contributed by atoms with Gasteiger partial charge in [-0.15, -0.1) is 11.3 Å². The summed E-state index contributed by atoms with van der Waals surface area (Å²) in [6.07, 6.45) is 5.41. The monoisotopic (exact) mass is 397 g/mol. The Labute approximate surface area is 166 Å². The highest BCUT2D eigenvalue weighted by molar-refractivity contribution is 7.16. The number of ether oxygens (including phenoxy) is 1. The summed E-state index contributed by atoms with van der Waals surface area (Å²) in [5.74, 6) is 0.226. The molecule has 1 unspecified atom stereocenters. The fourth-order valence-corrected chi connectivity index (χ4v) is 4.87. The smallest absolute Gasteiger partial charge is 0.410 e. The molecule has 1 saturated heterocycles. The predicted octanol–water partition coefficient (Wildman–Crippen LogP) is 3.91. The van der Waals surface area contributed by atoms with E-state index in [1.807, 2.05) is 13.8 Å². The van der Waals surface area contributed by atoms with Crippen molar-refractivity contribution in [2.24, 2.45) is 0 Å². The molecule has 0 radical (unpaired) electrons. The van der Waals surface area contributed by atoms with Crippen LogP contribution in [0.2, 0.25) is 0 Å². The summed E-state index contributed by atoms with van der Waals surface area (Å²) in [7, 11) is 0. The molecule has 0 aliphatic carbocycles. The summed E-state index contributed by atoms with van der Waals surface area (Å²) >= 11 is 1.33. The highest BCUT2D eigenvalue weighted by atomic mass is 32.1. The van der Waals surface area contributed by atoms with Crippen LogP contribution in [0.5, 0.6) is 0 Å². The molecule has 8 heteroatoms. The van der Waals surface area contributed by atoms with Crippen molar-refractivity contribution < 1.29 is 18.7 Å². The van der Waals surface area contributed by atoms with E-state index in [-0.39, 0.29) is 18.0 Å². The zero-order valence-corrected chi connectivity index (χ0v) is 16.3. The molecule has 4 rings (SSSR count). The summed E-state index contributed by atoms with van der Waals surface area (Å²) in [5, 5.41) is 13.0. The number of hydrogen-bond donors (Lipinski definition) is 1. The lowest BCUT2D eigenvalue weighted by molar-refractivity contribution is -0.111. The number of carbonyl (C=O) groups is 2. The third-order valence-corrected chi connectivity index (χ3v) is 6.03. The van der Waals surface area contributed by atoms with Crippen LogP contribution in [0.4, 0.5) is 9.80 Å². The number of carbonyl (C=O) groups excluding carboxylic acids is 2. The molecule has 2 aliphatic rings. The van der Waals surface area contributed by atoms with Crippen molar-refractivity contribution in [1.29, 1.82) is 5.26 Å². The van der Waals surface area contributed by atoms with E-state index in [9.17, 15) is 14.9 Å². The first-order valence-corrected chi connectivity index (χ1v) is 9.75. The van der Waals surface area contributed by atoms with Gasteiger partial charge in [0.1, 0.15) is 22.4 Å². The van der Waals surface area contributed by atoms with Gasteiger partial charge in [0.25, 0.3) is 0 Å². The molecule has 2 aromatic heterocycles. The Balaban J connectivity index is 1.57. The third-order valence-electron chi connectivity index (χ3n) is 4.90. The van der Waals surface area contributed by atoms with E-state index in [0.717, 1.165) is 10.4 Å². The normalized spacial score (nSPS) is 20.2. The van der Waals surface area contributed by atoms with Crippen LogP contribution in [0.3, 0.4) is 0 Å². The number of thiophene rings is 1. The van der Waals surface area contributed by atoms with Crippen LogP contribution >= 0.6 is 11.3 Å². The topological polar surface area (TPSA) is 95.6 Å². The fraction of sp³-hybridized carbons (Fsp3) is 0.350. The zero-order chi connectivity index (χ0) is 19.9. The van der Waals surface area contributed by atoms with Gasteiger partial charge in [-0.25, -0.2) is 4.79 Å². The second kappa shape index (κ2) is 6.84. The van der Waals surface area contributed by atoms with Crippen molar-refractivity contribution in [3.63, 3.8) is 0 Å². The second-order valence-electron chi connectivity index (χ2n) is 7.48. The minimum atomic E-state index is -0.522. The maximum absolute atomic E-state index is 12.3. The van der Waals surface area contributed by atoms with Gasteiger partial charge in [0, 0.05) is 23.4 Å². The van der Waals surface area contributed by atoms with Crippen LogP contribution in [0.25, 0.3) is 6.08 Å². The van der Waals surface area contributed by atoms with Gasteiger partial charge in [0.15, 0.2) is 0 Å². The highest BCUT2D eigenvalue weighted by Crippen LogP contribution is 2.42. The molecule has 28 heavy (non-hydrogen) atoms. The Bertz CT molecular complexity index is 998. The lowest BCUT2D eigenvalue weighted by Crippen LogP contribution is -2.54. The van der Waals surface area contributed by atoms with Gasteiger partial charge in [0.2, 0.25) is 5.91 Å². The van der Waals surface area contributed by atoms with Gasteiger partial charge in [-0.3, -0.25) is 9.69 Å². The molecule has 0 aromatic carbocycles. The quantitative estimate of drug-likeness (QED) is 0.792. The molecular weight excluding hydrogens is 378 g/mol. The molecule has 1 atom stereocenters. The van der Waals surface area contributed by atoms with E-state index >= 15 is 0 Å². The molecule has 1 N–H and O–H groups in total. The van der Waals surface area contributed by atoms with Crippen LogP contribution in [0, 0.1) is 11.3 Å². The van der Waals surface area contributed by atoms with Crippen molar-refractivity contribution >= 4 is 34.4 Å². The van der Waals surface area contributed by atoms with Gasteiger partial charge in [0.05, 0.1) is 18.4 Å². The molecule has 2 aromatic rings. The van der Waals surface area contributed by atoms with Gasteiger partial charge in [-0.1, -0.05) is 0 Å². The van der Waals surface area contributed by atoms with Gasteiger partial charge < -0.3 is 14.5 Å². The average Bonchev–Trinajstić information content (AvgIpc) is 3.24. The molecule has 2 aliphatic heterocycles. The minimum absolute atomic E-state index is 0.00662. The number of amides is 2. The highest BCUT2D eigenvalue weighted by Gasteiger charge is 2.43. The number of nitriles is 1. The van der Waals surface area contributed by atoms with Crippen molar-refractivity contribution in [3.8, 4) is 6.07 Å². The van der Waals surface area contributed by atoms with Crippen molar-refractivity contribution in [2.75, 3.05) is 5.32 Å². The molecule has 4 heterocycles. The van der Waals surface area contributed by atoms with Crippen molar-refractivity contribution in [3.05, 3.63) is 46.2 Å². The number of nitrogens with one attached hydrogen (secondary N) is 1. The van der Waals surface area contributed by atoms with E-state index in [1.54, 1.807) is 23.1 Å². The number of rotatable bonds is 3. The van der Waals surface area contributed by atoms with E-state index in [4.69, 9.17) is 9.15 Å². The Morgan fingerprint density at radius 1 is 1.50 bits per heavy atom. The summed E-state index contributed by atoms with van der Waals surface area (Å²) in [6.45, 7) is 4.19. The van der Waals surface area contributed by atoms with Crippen LogP contribution in [-0.4, -0.2) is 28.5 Å². The average molecular weight is 397 g/mol. The maximum Gasteiger partial charge on any atom is 0.410 e. The Kier molecular flexibility index (Phi) is 4.47. The summed E-state index contributed by atoms with van der Waals surface area (Å²) in [4.78, 5) is 27.2. The van der Waals surface area contributed by atoms with Crippen LogP contribution < -0.4 is 5.32 Å². The van der Waals surface area contributed by atoms with Crippen LogP contribution in [0.1, 0.15) is 42.0 Å². The molecule has 0 spiro atoms. The molecule has 1 fully saturated rings. The zero-order valence-electron chi connectivity index (χ0n) is 15.5. The van der Waals surface area contributed by atoms with Crippen molar-refractivity contribution in [1.82, 2.24) is 4.90 Å². The second-order valence-corrected chi connectivity index (χ2v) is 8.58. The number of anilines is 1. The number of hydrogen-bond acceptors (Lipinski definition) is 6. The summed E-state index contributed by atoms with van der Waals surface area (Å²) in [6, 6.07) is 5.69. The summed E-state index contributed by atoms with van der Waals surface area (Å²) < 4.78 is 10.7. The van der Waals surface area contributed by atoms with Gasteiger partial charge in [-0.05, 0) is 44.0 Å². The Hall–Kier alpha value is -3.05. The maximum atomic E-state index is 12.3. The van der Waals surface area contributed by atoms with Crippen molar-refractivity contribution in [2.45, 2.75) is 44.9 Å². The summed E-state index contributed by atoms with van der Waals surface area (Å²) in [5.41, 5.74) is 0.882. The molecule has 0 bridgehead atoms. The van der Waals surface area contributed by atoms with E-state index in [2.05, 4.69) is 11.4 Å². The van der Waals surface area contributed by atoms with Gasteiger partial charge >= 0.3 is 6.09 Å². The largest absolute Gasteiger partial charge is 0.465 e.